The smallest absolute Gasteiger partial charge is 0.236 e. The van der Waals surface area contributed by atoms with Gasteiger partial charge in [0.25, 0.3) is 0 Å². The first-order chi connectivity index (χ1) is 17.1. The molecule has 0 unspecified atom stereocenters. The molecule has 4 aliphatic carbocycles. The van der Waals surface area contributed by atoms with E-state index in [0.717, 1.165) is 83.1 Å². The number of rotatable bonds is 19. The number of amides is 2. The first-order valence-electron chi connectivity index (χ1n) is 14.5. The standard InChI is InChI=1S/C27H52N6O2/c28-8-5-11-30-9-3-4-10-31-12-6-14-32-26(34)24(29)7-1-2-13-33-27(35)25-22-16-20-15-21(18-22)19-23(25)17-20/h20-25,30-31H,1-19,28-29H2,(H,32,34)(H,33,35)/t20?,21?,22?,23?,24-,25?/m1/s1. The number of nitrogens with one attached hydrogen (secondary N) is 4. The van der Waals surface area contributed by atoms with E-state index < -0.39 is 6.04 Å². The van der Waals surface area contributed by atoms with Crippen molar-refractivity contribution in [3.05, 3.63) is 0 Å². The Kier molecular flexibility index (Phi) is 12.8. The molecule has 0 aromatic rings. The van der Waals surface area contributed by atoms with Gasteiger partial charge in [-0.25, -0.2) is 0 Å². The van der Waals surface area contributed by atoms with Gasteiger partial charge < -0.3 is 32.7 Å². The van der Waals surface area contributed by atoms with Crippen molar-refractivity contribution in [1.29, 1.82) is 0 Å². The number of carbonyl (C=O) groups is 2. The van der Waals surface area contributed by atoms with Gasteiger partial charge in [0, 0.05) is 19.0 Å². The van der Waals surface area contributed by atoms with Gasteiger partial charge >= 0.3 is 0 Å². The normalized spacial score (nSPS) is 27.7. The van der Waals surface area contributed by atoms with Crippen molar-refractivity contribution >= 4 is 11.8 Å². The lowest BCUT2D eigenvalue weighted by Gasteiger charge is -2.53. The van der Waals surface area contributed by atoms with Crippen molar-refractivity contribution in [2.75, 3.05) is 45.8 Å². The van der Waals surface area contributed by atoms with Crippen LogP contribution in [0.15, 0.2) is 0 Å². The molecule has 0 heterocycles. The second-order valence-corrected chi connectivity index (χ2v) is 11.3. The molecule has 0 spiro atoms. The van der Waals surface area contributed by atoms with Crippen molar-refractivity contribution in [3.63, 3.8) is 0 Å². The third-order valence-electron chi connectivity index (χ3n) is 8.45. The quantitative estimate of drug-likeness (QED) is 0.151. The molecular weight excluding hydrogens is 440 g/mol. The average Bonchev–Trinajstić information content (AvgIpc) is 2.83. The van der Waals surface area contributed by atoms with Gasteiger partial charge in [0.1, 0.15) is 0 Å². The number of carbonyl (C=O) groups excluding carboxylic acids is 2. The third kappa shape index (κ3) is 9.63. The molecule has 4 rings (SSSR count). The van der Waals surface area contributed by atoms with Crippen LogP contribution in [0.25, 0.3) is 0 Å². The van der Waals surface area contributed by atoms with Gasteiger partial charge in [0.15, 0.2) is 0 Å². The van der Waals surface area contributed by atoms with E-state index in [1.54, 1.807) is 0 Å². The lowest BCUT2D eigenvalue weighted by atomic mass is 9.51. The van der Waals surface area contributed by atoms with Crippen LogP contribution in [0.3, 0.4) is 0 Å². The summed E-state index contributed by atoms with van der Waals surface area (Å²) < 4.78 is 0. The van der Waals surface area contributed by atoms with Gasteiger partial charge in [-0.3, -0.25) is 9.59 Å². The molecule has 4 saturated carbocycles. The first-order valence-corrected chi connectivity index (χ1v) is 14.5. The summed E-state index contributed by atoms with van der Waals surface area (Å²) in [4.78, 5) is 25.0. The van der Waals surface area contributed by atoms with E-state index >= 15 is 0 Å². The first kappa shape index (κ1) is 28.4. The van der Waals surface area contributed by atoms with Gasteiger partial charge in [-0.2, -0.15) is 0 Å². The minimum absolute atomic E-state index is 0.0637. The van der Waals surface area contributed by atoms with E-state index in [9.17, 15) is 9.59 Å². The van der Waals surface area contributed by atoms with Crippen LogP contribution in [0.4, 0.5) is 0 Å². The van der Waals surface area contributed by atoms with E-state index in [0.29, 0.717) is 31.3 Å². The van der Waals surface area contributed by atoms with E-state index in [2.05, 4.69) is 21.3 Å². The molecule has 0 aromatic heterocycles. The molecule has 8 heteroatoms. The Bertz CT molecular complexity index is 603. The largest absolute Gasteiger partial charge is 0.356 e. The van der Waals surface area contributed by atoms with Crippen LogP contribution in [-0.2, 0) is 9.59 Å². The number of unbranched alkanes of at least 4 members (excludes halogenated alkanes) is 2. The van der Waals surface area contributed by atoms with Crippen molar-refractivity contribution in [3.8, 4) is 0 Å². The fourth-order valence-electron chi connectivity index (χ4n) is 6.84. The molecule has 0 radical (unpaired) electrons. The Morgan fingerprint density at radius 2 is 1.23 bits per heavy atom. The Labute approximate surface area is 212 Å². The highest BCUT2D eigenvalue weighted by atomic mass is 16.2. The fraction of sp³-hybridized carbons (Fsp3) is 0.926. The van der Waals surface area contributed by atoms with E-state index in [1.165, 1.54) is 32.1 Å². The summed E-state index contributed by atoms with van der Waals surface area (Å²) in [5, 5.41) is 13.0. The topological polar surface area (TPSA) is 134 Å². The van der Waals surface area contributed by atoms with Gasteiger partial charge in [-0.05, 0) is 133 Å². The molecule has 1 atom stereocenters. The lowest BCUT2D eigenvalue weighted by molar-refractivity contribution is -0.138. The van der Waals surface area contributed by atoms with Crippen LogP contribution in [0, 0.1) is 29.6 Å². The maximum absolute atomic E-state index is 12.8. The minimum atomic E-state index is -0.463. The van der Waals surface area contributed by atoms with E-state index in [-0.39, 0.29) is 17.7 Å². The summed E-state index contributed by atoms with van der Waals surface area (Å²) in [6, 6.07) is -0.463. The molecular formula is C27H52N6O2. The van der Waals surface area contributed by atoms with Gasteiger partial charge in [0.05, 0.1) is 6.04 Å². The zero-order valence-electron chi connectivity index (χ0n) is 21.9. The Morgan fingerprint density at radius 1 is 0.686 bits per heavy atom. The van der Waals surface area contributed by atoms with Crippen LogP contribution >= 0.6 is 0 Å². The summed E-state index contributed by atoms with van der Waals surface area (Å²) in [5.41, 5.74) is 11.5. The van der Waals surface area contributed by atoms with Crippen LogP contribution in [-0.4, -0.2) is 63.7 Å². The van der Waals surface area contributed by atoms with Crippen LogP contribution < -0.4 is 32.7 Å². The predicted octanol–water partition coefficient (Wildman–Crippen LogP) is 1.49. The van der Waals surface area contributed by atoms with Gasteiger partial charge in [-0.15, -0.1) is 0 Å². The maximum Gasteiger partial charge on any atom is 0.236 e. The highest BCUT2D eigenvalue weighted by molar-refractivity contribution is 5.81. The molecule has 35 heavy (non-hydrogen) atoms. The van der Waals surface area contributed by atoms with E-state index in [1.807, 2.05) is 0 Å². The number of nitrogens with two attached hydrogens (primary N) is 2. The maximum atomic E-state index is 12.8. The summed E-state index contributed by atoms with van der Waals surface area (Å²) in [6.07, 6.45) is 13.2. The summed E-state index contributed by atoms with van der Waals surface area (Å²) in [5.74, 6) is 3.54. The molecule has 4 aliphatic rings. The van der Waals surface area contributed by atoms with Gasteiger partial charge in [0.2, 0.25) is 11.8 Å². The molecule has 0 saturated heterocycles. The molecule has 4 bridgehead atoms. The number of hydrogen-bond donors (Lipinski definition) is 6. The molecule has 0 aliphatic heterocycles. The summed E-state index contributed by atoms with van der Waals surface area (Å²) >= 11 is 0. The van der Waals surface area contributed by atoms with Crippen molar-refractivity contribution in [2.24, 2.45) is 41.1 Å². The van der Waals surface area contributed by atoms with Crippen molar-refractivity contribution in [2.45, 2.75) is 83.1 Å². The van der Waals surface area contributed by atoms with Crippen molar-refractivity contribution < 1.29 is 9.59 Å². The van der Waals surface area contributed by atoms with Crippen LogP contribution in [0.2, 0.25) is 0 Å². The van der Waals surface area contributed by atoms with Gasteiger partial charge in [-0.1, -0.05) is 0 Å². The Hall–Kier alpha value is -1.22. The highest BCUT2D eigenvalue weighted by Gasteiger charge is 2.50. The summed E-state index contributed by atoms with van der Waals surface area (Å²) in [6.45, 7) is 6.06. The molecule has 2 amide bonds. The SMILES string of the molecule is NCCCNCCCCNCCCNC(=O)[C@H](N)CCCCNC(=O)C1C2CC3CC(C2)CC1C3. The van der Waals surface area contributed by atoms with Crippen LogP contribution in [0.5, 0.6) is 0 Å². The Morgan fingerprint density at radius 3 is 1.86 bits per heavy atom. The molecule has 0 aromatic carbocycles. The zero-order valence-corrected chi connectivity index (χ0v) is 21.9. The Balaban J connectivity index is 1.11. The van der Waals surface area contributed by atoms with E-state index in [4.69, 9.17) is 11.5 Å². The third-order valence-corrected chi connectivity index (χ3v) is 8.45. The fourth-order valence-corrected chi connectivity index (χ4v) is 6.84. The van der Waals surface area contributed by atoms with Crippen molar-refractivity contribution in [1.82, 2.24) is 21.3 Å². The minimum Gasteiger partial charge on any atom is -0.356 e. The highest BCUT2D eigenvalue weighted by Crippen LogP contribution is 2.56. The average molecular weight is 493 g/mol. The molecule has 4 fully saturated rings. The number of hydrogen-bond acceptors (Lipinski definition) is 6. The molecule has 202 valence electrons. The molecule has 8 nitrogen and oxygen atoms in total. The predicted molar refractivity (Wildman–Crippen MR) is 142 cm³/mol. The lowest BCUT2D eigenvalue weighted by Crippen LogP contribution is -2.51. The molecule has 8 N–H and O–H groups in total. The summed E-state index contributed by atoms with van der Waals surface area (Å²) in [7, 11) is 0. The second-order valence-electron chi connectivity index (χ2n) is 11.3. The van der Waals surface area contributed by atoms with Crippen LogP contribution in [0.1, 0.15) is 77.0 Å². The zero-order chi connectivity index (χ0) is 24.9. The monoisotopic (exact) mass is 492 g/mol. The second kappa shape index (κ2) is 15.8.